The number of carbonyl (C=O) groups is 1. The highest BCUT2D eigenvalue weighted by Crippen LogP contribution is 2.38. The van der Waals surface area contributed by atoms with Gasteiger partial charge in [-0.05, 0) is 74.2 Å². The number of likely N-dealkylation sites (tertiary alicyclic amines) is 1. The Hall–Kier alpha value is -1.42. The Bertz CT molecular complexity index is 630. The molecule has 1 aromatic carbocycles. The van der Waals surface area contributed by atoms with Gasteiger partial charge in [0.2, 0.25) is 0 Å². The molecule has 1 heterocycles. The first-order chi connectivity index (χ1) is 12.8. The van der Waals surface area contributed by atoms with Crippen LogP contribution in [-0.2, 0) is 9.53 Å². The van der Waals surface area contributed by atoms with Gasteiger partial charge < -0.3 is 9.64 Å². The van der Waals surface area contributed by atoms with Crippen LogP contribution in [0.25, 0.3) is 0 Å². The molecule has 0 radical (unpaired) electrons. The average Bonchev–Trinajstić information content (AvgIpc) is 2.62. The monoisotopic (exact) mass is 375 g/mol. The van der Waals surface area contributed by atoms with Crippen LogP contribution < -0.4 is 0 Å². The second-order valence-corrected chi connectivity index (χ2v) is 9.12. The molecule has 3 rings (SSSR count). The van der Waals surface area contributed by atoms with Gasteiger partial charge in [-0.1, -0.05) is 39.3 Å². The highest BCUT2D eigenvalue weighted by atomic mass is 19.1. The molecule has 2 fully saturated rings. The van der Waals surface area contributed by atoms with Crippen LogP contribution in [0.15, 0.2) is 24.3 Å². The Morgan fingerprint density at radius 2 is 1.89 bits per heavy atom. The van der Waals surface area contributed by atoms with Crippen molar-refractivity contribution < 1.29 is 13.9 Å². The fourth-order valence-electron chi connectivity index (χ4n) is 4.95. The molecule has 0 N–H and O–H groups in total. The third-order valence-electron chi connectivity index (χ3n) is 6.65. The van der Waals surface area contributed by atoms with E-state index in [9.17, 15) is 9.18 Å². The Morgan fingerprint density at radius 3 is 2.56 bits per heavy atom. The molecule has 1 unspecified atom stereocenters. The maximum Gasteiger partial charge on any atom is 0.311 e. The van der Waals surface area contributed by atoms with Crippen LogP contribution in [0.3, 0.4) is 0 Å². The molecule has 150 valence electrons. The summed E-state index contributed by atoms with van der Waals surface area (Å²) in [5.41, 5.74) is 1.05. The lowest BCUT2D eigenvalue weighted by molar-refractivity contribution is -0.163. The van der Waals surface area contributed by atoms with Crippen LogP contribution >= 0.6 is 0 Å². The van der Waals surface area contributed by atoms with Gasteiger partial charge in [-0.25, -0.2) is 4.39 Å². The van der Waals surface area contributed by atoms with Crippen molar-refractivity contribution in [3.8, 4) is 0 Å². The van der Waals surface area contributed by atoms with E-state index in [0.29, 0.717) is 24.3 Å². The summed E-state index contributed by atoms with van der Waals surface area (Å²) in [5, 5.41) is 0. The Balaban J connectivity index is 1.75. The van der Waals surface area contributed by atoms with Crippen LogP contribution in [0.4, 0.5) is 4.39 Å². The average molecular weight is 376 g/mol. The lowest BCUT2D eigenvalue weighted by Gasteiger charge is -2.40. The number of hydrogen-bond acceptors (Lipinski definition) is 3. The van der Waals surface area contributed by atoms with Gasteiger partial charge in [0.05, 0.1) is 5.92 Å². The zero-order chi connectivity index (χ0) is 19.6. The number of esters is 1. The van der Waals surface area contributed by atoms with Crippen LogP contribution in [-0.4, -0.2) is 37.1 Å². The lowest BCUT2D eigenvalue weighted by Crippen LogP contribution is -2.44. The number of benzene rings is 1. The summed E-state index contributed by atoms with van der Waals surface area (Å²) in [4.78, 5) is 15.4. The van der Waals surface area contributed by atoms with E-state index < -0.39 is 0 Å². The van der Waals surface area contributed by atoms with E-state index in [1.165, 1.54) is 18.6 Å². The van der Waals surface area contributed by atoms with Crippen molar-refractivity contribution in [2.45, 2.75) is 58.5 Å². The molecule has 0 aromatic heterocycles. The second kappa shape index (κ2) is 8.72. The fourth-order valence-corrected chi connectivity index (χ4v) is 4.95. The minimum Gasteiger partial charge on any atom is -0.462 e. The SMILES string of the molecule is CC(C)[C@@H]1CC[C@@H](C)CC1OC(=O)[C@H]1CN(C)CC[C@@H]1c1ccc(F)cc1. The summed E-state index contributed by atoms with van der Waals surface area (Å²) in [6.07, 6.45) is 4.27. The molecule has 2 aliphatic rings. The van der Waals surface area contributed by atoms with Gasteiger partial charge in [0, 0.05) is 6.54 Å². The Kier molecular flexibility index (Phi) is 6.56. The van der Waals surface area contributed by atoms with Crippen LogP contribution in [0.5, 0.6) is 0 Å². The molecule has 0 spiro atoms. The van der Waals surface area contributed by atoms with Crippen molar-refractivity contribution >= 4 is 5.97 Å². The first kappa shape index (κ1) is 20.3. The molecule has 1 saturated heterocycles. The number of carbonyl (C=O) groups excluding carboxylic acids is 1. The molecular weight excluding hydrogens is 341 g/mol. The van der Waals surface area contributed by atoms with Gasteiger partial charge in [0.1, 0.15) is 11.9 Å². The minimum atomic E-state index is -0.234. The quantitative estimate of drug-likeness (QED) is 0.704. The van der Waals surface area contributed by atoms with Crippen LogP contribution in [0.2, 0.25) is 0 Å². The zero-order valence-electron chi connectivity index (χ0n) is 17.2. The smallest absolute Gasteiger partial charge is 0.311 e. The molecule has 0 amide bonds. The van der Waals surface area contributed by atoms with Gasteiger partial charge in [0.25, 0.3) is 0 Å². The molecule has 1 aliphatic carbocycles. The summed E-state index contributed by atoms with van der Waals surface area (Å²) in [6, 6.07) is 6.64. The lowest BCUT2D eigenvalue weighted by atomic mass is 9.75. The van der Waals surface area contributed by atoms with E-state index in [4.69, 9.17) is 4.74 Å². The number of hydrogen-bond donors (Lipinski definition) is 0. The van der Waals surface area contributed by atoms with Gasteiger partial charge in [-0.2, -0.15) is 0 Å². The number of ether oxygens (including phenoxy) is 1. The number of rotatable bonds is 4. The zero-order valence-corrected chi connectivity index (χ0v) is 17.2. The van der Waals surface area contributed by atoms with Crippen LogP contribution in [0.1, 0.15) is 57.9 Å². The highest BCUT2D eigenvalue weighted by Gasteiger charge is 2.39. The molecule has 27 heavy (non-hydrogen) atoms. The molecule has 4 heteroatoms. The second-order valence-electron chi connectivity index (χ2n) is 9.12. The normalized spacial score (nSPS) is 32.4. The van der Waals surface area contributed by atoms with E-state index in [0.717, 1.165) is 31.4 Å². The number of piperidine rings is 1. The third kappa shape index (κ3) is 4.90. The van der Waals surface area contributed by atoms with Crippen molar-refractivity contribution in [2.75, 3.05) is 20.1 Å². The van der Waals surface area contributed by atoms with E-state index in [2.05, 4.69) is 32.7 Å². The maximum absolute atomic E-state index is 13.3. The Morgan fingerprint density at radius 1 is 1.19 bits per heavy atom. The molecular formula is C23H34FNO2. The predicted octanol–water partition coefficient (Wildman–Crippen LogP) is 4.87. The summed E-state index contributed by atoms with van der Waals surface area (Å²) >= 11 is 0. The summed E-state index contributed by atoms with van der Waals surface area (Å²) < 4.78 is 19.5. The Labute approximate surface area is 163 Å². The molecule has 0 bridgehead atoms. The summed E-state index contributed by atoms with van der Waals surface area (Å²) in [6.45, 7) is 8.37. The summed E-state index contributed by atoms with van der Waals surface area (Å²) in [5.74, 6) is 1.21. The standard InChI is InChI=1S/C23H34FNO2/c1-15(2)19-10-5-16(3)13-22(19)27-23(26)21-14-25(4)12-11-20(21)17-6-8-18(24)9-7-17/h6-9,15-16,19-22H,5,10-14H2,1-4H3/t16-,19+,20-,21+,22?/m1/s1. The summed E-state index contributed by atoms with van der Waals surface area (Å²) in [7, 11) is 2.06. The number of nitrogens with zero attached hydrogens (tertiary/aromatic N) is 1. The number of halogens is 1. The van der Waals surface area contributed by atoms with E-state index in [-0.39, 0.29) is 29.7 Å². The molecule has 1 saturated carbocycles. The highest BCUT2D eigenvalue weighted by molar-refractivity contribution is 5.74. The molecule has 5 atom stereocenters. The van der Waals surface area contributed by atoms with Gasteiger partial charge in [0.15, 0.2) is 0 Å². The van der Waals surface area contributed by atoms with Crippen LogP contribution in [0, 0.1) is 29.5 Å². The maximum atomic E-state index is 13.3. The van der Waals surface area contributed by atoms with E-state index >= 15 is 0 Å². The topological polar surface area (TPSA) is 29.5 Å². The van der Waals surface area contributed by atoms with Gasteiger partial charge in [-0.15, -0.1) is 0 Å². The third-order valence-corrected chi connectivity index (χ3v) is 6.65. The van der Waals surface area contributed by atoms with Crippen molar-refractivity contribution in [3.63, 3.8) is 0 Å². The first-order valence-electron chi connectivity index (χ1n) is 10.5. The minimum absolute atomic E-state index is 0.0300. The van der Waals surface area contributed by atoms with E-state index in [1.807, 2.05) is 12.1 Å². The molecule has 3 nitrogen and oxygen atoms in total. The molecule has 1 aromatic rings. The van der Waals surface area contributed by atoms with Gasteiger partial charge >= 0.3 is 5.97 Å². The van der Waals surface area contributed by atoms with Crippen molar-refractivity contribution in [2.24, 2.45) is 23.7 Å². The first-order valence-corrected chi connectivity index (χ1v) is 10.5. The van der Waals surface area contributed by atoms with E-state index in [1.54, 1.807) is 0 Å². The van der Waals surface area contributed by atoms with Crippen molar-refractivity contribution in [1.82, 2.24) is 4.90 Å². The largest absolute Gasteiger partial charge is 0.462 e. The molecule has 1 aliphatic heterocycles. The van der Waals surface area contributed by atoms with Crippen molar-refractivity contribution in [1.29, 1.82) is 0 Å². The van der Waals surface area contributed by atoms with Gasteiger partial charge in [-0.3, -0.25) is 4.79 Å². The van der Waals surface area contributed by atoms with Crippen molar-refractivity contribution in [3.05, 3.63) is 35.6 Å². The predicted molar refractivity (Wildman–Crippen MR) is 106 cm³/mol. The fraction of sp³-hybridized carbons (Fsp3) is 0.696.